The van der Waals surface area contributed by atoms with Crippen LogP contribution < -0.4 is 5.32 Å². The minimum atomic E-state index is -0.824. The first-order chi connectivity index (χ1) is 6.41. The van der Waals surface area contributed by atoms with Gasteiger partial charge in [0.05, 0.1) is 0 Å². The monoisotopic (exact) mass is 201 g/mol. The zero-order chi connectivity index (χ0) is 11.1. The molecule has 0 aromatic rings. The fourth-order valence-electron chi connectivity index (χ4n) is 1.10. The minimum Gasteiger partial charge on any atom is -0.481 e. The number of rotatable bonds is 6. The van der Waals surface area contributed by atoms with Gasteiger partial charge in [0.2, 0.25) is 5.91 Å². The van der Waals surface area contributed by atoms with Gasteiger partial charge < -0.3 is 10.4 Å². The molecule has 4 heteroatoms. The summed E-state index contributed by atoms with van der Waals surface area (Å²) in [7, 11) is 0. The van der Waals surface area contributed by atoms with Crippen molar-refractivity contribution < 1.29 is 14.7 Å². The van der Waals surface area contributed by atoms with Crippen LogP contribution in [0.2, 0.25) is 0 Å². The summed E-state index contributed by atoms with van der Waals surface area (Å²) in [5.74, 6) is -0.499. The number of carbonyl (C=O) groups is 2. The molecule has 0 heterocycles. The highest BCUT2D eigenvalue weighted by molar-refractivity contribution is 5.76. The Labute approximate surface area is 84.7 Å². The topological polar surface area (TPSA) is 66.4 Å². The molecule has 2 N–H and O–H groups in total. The standard InChI is InChI=1S/C10H19NO3/c1-7(2)4-9(12)11-6-8(3)5-10(13)14/h7-8H,4-6H2,1-3H3,(H,11,12)(H,13,14). The number of amides is 1. The predicted octanol–water partition coefficient (Wildman–Crippen LogP) is 1.26. The molecular formula is C10H19NO3. The Balaban J connectivity index is 3.61. The van der Waals surface area contributed by atoms with Crippen LogP contribution >= 0.6 is 0 Å². The van der Waals surface area contributed by atoms with Gasteiger partial charge in [-0.25, -0.2) is 0 Å². The van der Waals surface area contributed by atoms with Gasteiger partial charge in [0.15, 0.2) is 0 Å². The maximum absolute atomic E-state index is 11.2. The van der Waals surface area contributed by atoms with E-state index in [0.717, 1.165) is 0 Å². The largest absolute Gasteiger partial charge is 0.481 e. The van der Waals surface area contributed by atoms with Gasteiger partial charge in [0.25, 0.3) is 0 Å². The second-order valence-corrected chi connectivity index (χ2v) is 4.11. The number of carboxylic acids is 1. The summed E-state index contributed by atoms with van der Waals surface area (Å²) < 4.78 is 0. The maximum atomic E-state index is 11.2. The first-order valence-corrected chi connectivity index (χ1v) is 4.90. The summed E-state index contributed by atoms with van der Waals surface area (Å²) in [4.78, 5) is 21.5. The van der Waals surface area contributed by atoms with Gasteiger partial charge in [-0.3, -0.25) is 9.59 Å². The van der Waals surface area contributed by atoms with Crippen LogP contribution in [-0.2, 0) is 9.59 Å². The van der Waals surface area contributed by atoms with E-state index >= 15 is 0 Å². The summed E-state index contributed by atoms with van der Waals surface area (Å²) in [5, 5.41) is 11.2. The van der Waals surface area contributed by atoms with Crippen LogP contribution in [0, 0.1) is 11.8 Å². The van der Waals surface area contributed by atoms with Gasteiger partial charge >= 0.3 is 5.97 Å². The Hall–Kier alpha value is -1.06. The molecule has 0 aromatic carbocycles. The Morgan fingerprint density at radius 3 is 2.21 bits per heavy atom. The van der Waals surface area contributed by atoms with Crippen molar-refractivity contribution in [3.05, 3.63) is 0 Å². The number of carboxylic acid groups (broad SMARTS) is 1. The first kappa shape index (κ1) is 12.9. The van der Waals surface area contributed by atoms with E-state index in [9.17, 15) is 9.59 Å². The highest BCUT2D eigenvalue weighted by Crippen LogP contribution is 2.01. The highest BCUT2D eigenvalue weighted by Gasteiger charge is 2.09. The lowest BCUT2D eigenvalue weighted by atomic mass is 10.1. The zero-order valence-corrected chi connectivity index (χ0v) is 9.04. The number of nitrogens with one attached hydrogen (secondary N) is 1. The first-order valence-electron chi connectivity index (χ1n) is 4.90. The summed E-state index contributed by atoms with van der Waals surface area (Å²) in [6.45, 7) is 6.20. The van der Waals surface area contributed by atoms with Gasteiger partial charge in [-0.2, -0.15) is 0 Å². The lowest BCUT2D eigenvalue weighted by Crippen LogP contribution is -2.29. The molecule has 1 amide bonds. The van der Waals surface area contributed by atoms with Crippen molar-refractivity contribution in [2.45, 2.75) is 33.6 Å². The Morgan fingerprint density at radius 1 is 1.21 bits per heavy atom. The van der Waals surface area contributed by atoms with Crippen molar-refractivity contribution in [3.8, 4) is 0 Å². The molecule has 0 rings (SSSR count). The van der Waals surface area contributed by atoms with Gasteiger partial charge in [0, 0.05) is 19.4 Å². The van der Waals surface area contributed by atoms with Crippen molar-refractivity contribution in [1.29, 1.82) is 0 Å². The van der Waals surface area contributed by atoms with Crippen molar-refractivity contribution in [1.82, 2.24) is 5.32 Å². The quantitative estimate of drug-likeness (QED) is 0.680. The molecule has 0 bridgehead atoms. The van der Waals surface area contributed by atoms with Crippen molar-refractivity contribution in [3.63, 3.8) is 0 Å². The van der Waals surface area contributed by atoms with Crippen LogP contribution in [0.5, 0.6) is 0 Å². The number of hydrogen-bond donors (Lipinski definition) is 2. The number of hydrogen-bond acceptors (Lipinski definition) is 2. The molecule has 1 atom stereocenters. The summed E-state index contributed by atoms with van der Waals surface area (Å²) in [6.07, 6.45) is 0.599. The van der Waals surface area contributed by atoms with E-state index in [4.69, 9.17) is 5.11 Å². The van der Waals surface area contributed by atoms with E-state index in [1.54, 1.807) is 0 Å². The average molecular weight is 201 g/mol. The van der Waals surface area contributed by atoms with Crippen molar-refractivity contribution in [2.24, 2.45) is 11.8 Å². The third-order valence-electron chi connectivity index (χ3n) is 1.76. The van der Waals surface area contributed by atoms with Crippen LogP contribution in [0.3, 0.4) is 0 Å². The molecule has 0 aliphatic carbocycles. The van der Waals surface area contributed by atoms with Crippen molar-refractivity contribution in [2.75, 3.05) is 6.54 Å². The predicted molar refractivity (Wildman–Crippen MR) is 53.9 cm³/mol. The molecule has 0 saturated heterocycles. The lowest BCUT2D eigenvalue weighted by molar-refractivity contribution is -0.138. The summed E-state index contributed by atoms with van der Waals surface area (Å²) >= 11 is 0. The van der Waals surface area contributed by atoms with Gasteiger partial charge in [-0.15, -0.1) is 0 Å². The maximum Gasteiger partial charge on any atom is 0.303 e. The Bertz CT molecular complexity index is 202. The van der Waals surface area contributed by atoms with Crippen LogP contribution in [0.15, 0.2) is 0 Å². The van der Waals surface area contributed by atoms with Crippen molar-refractivity contribution >= 4 is 11.9 Å². The molecule has 82 valence electrons. The molecule has 0 aliphatic heterocycles. The molecule has 0 aliphatic rings. The molecule has 1 unspecified atom stereocenters. The number of aliphatic carboxylic acids is 1. The Kier molecular flexibility index (Phi) is 5.92. The molecule has 0 saturated carbocycles. The molecule has 0 radical (unpaired) electrons. The van der Waals surface area contributed by atoms with Crippen LogP contribution in [0.1, 0.15) is 33.6 Å². The average Bonchev–Trinajstić information content (AvgIpc) is 1.98. The fourth-order valence-corrected chi connectivity index (χ4v) is 1.10. The van der Waals surface area contributed by atoms with Gasteiger partial charge in [-0.1, -0.05) is 20.8 Å². The van der Waals surface area contributed by atoms with E-state index in [2.05, 4.69) is 5.32 Å². The molecule has 4 nitrogen and oxygen atoms in total. The normalized spacial score (nSPS) is 12.6. The van der Waals surface area contributed by atoms with Gasteiger partial charge in [0.1, 0.15) is 0 Å². The zero-order valence-electron chi connectivity index (χ0n) is 9.04. The van der Waals surface area contributed by atoms with E-state index in [-0.39, 0.29) is 18.2 Å². The summed E-state index contributed by atoms with van der Waals surface area (Å²) in [5.41, 5.74) is 0. The molecule has 0 aromatic heterocycles. The van der Waals surface area contributed by atoms with Crippen LogP contribution in [0.25, 0.3) is 0 Å². The third-order valence-corrected chi connectivity index (χ3v) is 1.76. The molecular weight excluding hydrogens is 182 g/mol. The third kappa shape index (κ3) is 7.58. The second kappa shape index (κ2) is 6.40. The van der Waals surface area contributed by atoms with E-state index in [1.165, 1.54) is 0 Å². The summed E-state index contributed by atoms with van der Waals surface area (Å²) in [6, 6.07) is 0. The lowest BCUT2D eigenvalue weighted by Gasteiger charge is -2.11. The molecule has 0 fully saturated rings. The smallest absolute Gasteiger partial charge is 0.303 e. The SMILES string of the molecule is CC(C)CC(=O)NCC(C)CC(=O)O. The van der Waals surface area contributed by atoms with Crippen LogP contribution in [0.4, 0.5) is 0 Å². The van der Waals surface area contributed by atoms with Crippen LogP contribution in [-0.4, -0.2) is 23.5 Å². The molecule has 0 spiro atoms. The number of carbonyl (C=O) groups excluding carboxylic acids is 1. The highest BCUT2D eigenvalue weighted by atomic mass is 16.4. The minimum absolute atomic E-state index is 0.00256. The fraction of sp³-hybridized carbons (Fsp3) is 0.800. The van der Waals surface area contributed by atoms with Gasteiger partial charge in [-0.05, 0) is 11.8 Å². The van der Waals surface area contributed by atoms with E-state index < -0.39 is 5.97 Å². The second-order valence-electron chi connectivity index (χ2n) is 4.11. The van der Waals surface area contributed by atoms with E-state index in [0.29, 0.717) is 18.9 Å². The molecule has 14 heavy (non-hydrogen) atoms. The Morgan fingerprint density at radius 2 is 1.79 bits per heavy atom. The van der Waals surface area contributed by atoms with E-state index in [1.807, 2.05) is 20.8 Å².